The Kier molecular flexibility index (Phi) is 6.91. The number of pyridine rings is 1. The van der Waals surface area contributed by atoms with Crippen molar-refractivity contribution in [3.63, 3.8) is 0 Å². The van der Waals surface area contributed by atoms with Crippen molar-refractivity contribution in [1.29, 1.82) is 5.26 Å². The van der Waals surface area contributed by atoms with Crippen LogP contribution in [0, 0.1) is 17.1 Å². The van der Waals surface area contributed by atoms with Crippen molar-refractivity contribution in [2.45, 2.75) is 17.4 Å². The molecule has 3 atom stereocenters. The Morgan fingerprint density at radius 1 is 0.973 bits per heavy atom. The number of carbonyl (C=O) groups excluding carboxylic acids is 1. The number of nitrogens with zero attached hydrogens (tertiary/aromatic N) is 3. The van der Waals surface area contributed by atoms with Gasteiger partial charge in [-0.05, 0) is 65.2 Å². The fraction of sp³-hybridized carbons (Fsp3) is 0.138. The Hall–Kier alpha value is -4.19. The van der Waals surface area contributed by atoms with Crippen molar-refractivity contribution < 1.29 is 19.4 Å². The van der Waals surface area contributed by atoms with E-state index in [0.29, 0.717) is 11.3 Å². The lowest BCUT2D eigenvalue weighted by Gasteiger charge is -2.47. The van der Waals surface area contributed by atoms with Crippen molar-refractivity contribution in [2.75, 3.05) is 10.7 Å². The lowest BCUT2D eigenvalue weighted by molar-refractivity contribution is -0.123. The Morgan fingerprint density at radius 2 is 1.65 bits per heavy atom. The van der Waals surface area contributed by atoms with Gasteiger partial charge in [-0.3, -0.25) is 4.79 Å². The fourth-order valence-electron chi connectivity index (χ4n) is 4.33. The minimum absolute atomic E-state index is 0.0813. The van der Waals surface area contributed by atoms with Gasteiger partial charge in [0, 0.05) is 23.2 Å². The summed E-state index contributed by atoms with van der Waals surface area (Å²) in [6.45, 7) is 0. The van der Waals surface area contributed by atoms with Gasteiger partial charge in [-0.1, -0.05) is 36.4 Å². The molecule has 0 spiro atoms. The number of thioether (sulfide) groups is 1. The highest BCUT2D eigenvalue weighted by atomic mass is 32.2. The minimum atomic E-state index is -0.840. The van der Waals surface area contributed by atoms with Crippen LogP contribution in [0.5, 0.6) is 5.75 Å². The maximum absolute atomic E-state index is 13.3. The number of β-lactam (4-membered cyclic amide) rings is 1. The number of phenolic OH excluding ortho intramolecular Hbond substituents is 1. The smallest absolute Gasteiger partial charge is 0.243 e. The molecule has 4 aromatic rings. The van der Waals surface area contributed by atoms with Gasteiger partial charge in [-0.15, -0.1) is 11.8 Å². The summed E-state index contributed by atoms with van der Waals surface area (Å²) in [4.78, 5) is 19.1. The van der Waals surface area contributed by atoms with E-state index in [0.717, 1.165) is 22.4 Å². The van der Waals surface area contributed by atoms with E-state index in [1.807, 2.05) is 36.4 Å². The van der Waals surface area contributed by atoms with E-state index in [9.17, 15) is 19.4 Å². The highest BCUT2D eigenvalue weighted by molar-refractivity contribution is 8.00. The summed E-state index contributed by atoms with van der Waals surface area (Å²) < 4.78 is 13.2. The zero-order valence-electron chi connectivity index (χ0n) is 19.5. The minimum Gasteiger partial charge on any atom is -0.508 e. The Morgan fingerprint density at radius 3 is 2.27 bits per heavy atom. The Labute approximate surface area is 217 Å². The average Bonchev–Trinajstić information content (AvgIpc) is 2.93. The zero-order chi connectivity index (χ0) is 25.9. The van der Waals surface area contributed by atoms with Gasteiger partial charge in [0.25, 0.3) is 0 Å². The van der Waals surface area contributed by atoms with Crippen LogP contribution in [0.15, 0.2) is 91.1 Å². The Balaban J connectivity index is 1.36. The predicted molar refractivity (Wildman–Crippen MR) is 140 cm³/mol. The summed E-state index contributed by atoms with van der Waals surface area (Å²) >= 11 is 1.36. The molecule has 3 aromatic carbocycles. The maximum atomic E-state index is 13.3. The van der Waals surface area contributed by atoms with Crippen molar-refractivity contribution in [2.24, 2.45) is 0 Å². The predicted octanol–water partition coefficient (Wildman–Crippen LogP) is 5.39. The summed E-state index contributed by atoms with van der Waals surface area (Å²) in [6, 6.07) is 25.2. The molecule has 0 saturated carbocycles. The molecule has 184 valence electrons. The SMILES string of the molecule is N#Cc1ccc(-c2ccc(N3C(=O)[C@H](SC[C@@H](O)c4ccc(F)cc4)[C@H]3c3ccc(O)cc3)cc2)cn1. The third-order valence-corrected chi connectivity index (χ3v) is 7.65. The van der Waals surface area contributed by atoms with Gasteiger partial charge in [0.05, 0.1) is 12.1 Å². The van der Waals surface area contributed by atoms with E-state index in [2.05, 4.69) is 4.98 Å². The van der Waals surface area contributed by atoms with Crippen molar-refractivity contribution in [1.82, 2.24) is 4.98 Å². The van der Waals surface area contributed by atoms with Crippen LogP contribution >= 0.6 is 11.8 Å². The third kappa shape index (κ3) is 5.05. The highest BCUT2D eigenvalue weighted by Crippen LogP contribution is 2.46. The molecule has 0 radical (unpaired) electrons. The average molecular weight is 512 g/mol. The maximum Gasteiger partial charge on any atom is 0.243 e. The van der Waals surface area contributed by atoms with Crippen molar-refractivity contribution >= 4 is 23.4 Å². The molecule has 2 N–H and O–H groups in total. The molecule has 1 aliphatic heterocycles. The molecular weight excluding hydrogens is 489 g/mol. The second-order valence-electron chi connectivity index (χ2n) is 8.66. The molecule has 0 aliphatic carbocycles. The summed E-state index contributed by atoms with van der Waals surface area (Å²) in [7, 11) is 0. The molecule has 1 aromatic heterocycles. The van der Waals surface area contributed by atoms with Crippen molar-refractivity contribution in [3.05, 3.63) is 114 Å². The number of rotatable bonds is 7. The number of phenols is 1. The van der Waals surface area contributed by atoms with E-state index >= 15 is 0 Å². The normalized spacial score (nSPS) is 17.6. The van der Waals surface area contributed by atoms with E-state index < -0.39 is 11.4 Å². The number of aromatic nitrogens is 1. The van der Waals surface area contributed by atoms with Gasteiger partial charge in [0.2, 0.25) is 5.91 Å². The molecule has 8 heteroatoms. The van der Waals surface area contributed by atoms with Crippen LogP contribution in [-0.2, 0) is 4.79 Å². The lowest BCUT2D eigenvalue weighted by Crippen LogP contribution is -2.57. The number of hydrogen-bond donors (Lipinski definition) is 2. The fourth-order valence-corrected chi connectivity index (χ4v) is 5.63. The van der Waals surface area contributed by atoms with Gasteiger partial charge in [-0.25, -0.2) is 9.37 Å². The third-order valence-electron chi connectivity index (χ3n) is 6.33. The van der Waals surface area contributed by atoms with Crippen LogP contribution in [0.4, 0.5) is 10.1 Å². The largest absolute Gasteiger partial charge is 0.508 e. The number of anilines is 1. The van der Waals surface area contributed by atoms with Crippen LogP contribution in [0.3, 0.4) is 0 Å². The lowest BCUT2D eigenvalue weighted by atomic mass is 9.92. The standard InChI is InChI=1S/C29H22FN3O3S/c30-22-8-1-19(2-9-22)26(35)17-37-28-27(20-6-13-25(34)14-7-20)33(29(28)36)24-11-4-18(5-12-24)21-3-10-23(15-31)32-16-21/h1-14,16,26-28,34-35H,17H2/t26-,27-,28-/m1/s1. The monoisotopic (exact) mass is 511 g/mol. The molecule has 1 amide bonds. The first-order valence-electron chi connectivity index (χ1n) is 11.6. The quantitative estimate of drug-likeness (QED) is 0.323. The van der Waals surface area contributed by atoms with Gasteiger partial charge in [0.1, 0.15) is 28.6 Å². The Bertz CT molecular complexity index is 1440. The van der Waals surface area contributed by atoms with Crippen LogP contribution in [-0.4, -0.2) is 32.1 Å². The molecule has 1 aliphatic rings. The van der Waals surface area contributed by atoms with Crippen LogP contribution in [0.25, 0.3) is 11.1 Å². The van der Waals surface area contributed by atoms with E-state index in [4.69, 9.17) is 5.26 Å². The first-order valence-corrected chi connectivity index (χ1v) is 12.6. The van der Waals surface area contributed by atoms with E-state index in [-0.39, 0.29) is 29.3 Å². The number of benzene rings is 3. The molecule has 0 unspecified atom stereocenters. The van der Waals surface area contributed by atoms with E-state index in [1.54, 1.807) is 41.4 Å². The second-order valence-corrected chi connectivity index (χ2v) is 9.83. The first kappa shape index (κ1) is 24.5. The zero-order valence-corrected chi connectivity index (χ0v) is 20.3. The number of aliphatic hydroxyl groups excluding tert-OH is 1. The second kappa shape index (κ2) is 10.4. The molecule has 2 heterocycles. The number of carbonyl (C=O) groups is 1. The van der Waals surface area contributed by atoms with Crippen LogP contribution in [0.1, 0.15) is 29.0 Å². The van der Waals surface area contributed by atoms with Gasteiger partial charge >= 0.3 is 0 Å². The summed E-state index contributed by atoms with van der Waals surface area (Å²) in [5.41, 5.74) is 4.29. The molecule has 0 bridgehead atoms. The van der Waals surface area contributed by atoms with Gasteiger partial charge < -0.3 is 15.1 Å². The number of halogens is 1. The summed E-state index contributed by atoms with van der Waals surface area (Å²) in [5.74, 6) is -0.0450. The summed E-state index contributed by atoms with van der Waals surface area (Å²) in [6.07, 6.45) is 0.800. The molecule has 6 nitrogen and oxygen atoms in total. The molecular formula is C29H22FN3O3S. The number of hydrogen-bond acceptors (Lipinski definition) is 6. The number of aromatic hydroxyl groups is 1. The molecule has 1 saturated heterocycles. The van der Waals surface area contributed by atoms with Gasteiger partial charge in [0.15, 0.2) is 0 Å². The topological polar surface area (TPSA) is 97.5 Å². The highest BCUT2D eigenvalue weighted by Gasteiger charge is 2.49. The first-order chi connectivity index (χ1) is 17.9. The van der Waals surface area contributed by atoms with Gasteiger partial charge in [-0.2, -0.15) is 5.26 Å². The summed E-state index contributed by atoms with van der Waals surface area (Å²) in [5, 5.41) is 28.9. The molecule has 1 fully saturated rings. The van der Waals surface area contributed by atoms with Crippen LogP contribution in [0.2, 0.25) is 0 Å². The number of aliphatic hydroxyl groups is 1. The van der Waals surface area contributed by atoms with Crippen molar-refractivity contribution in [3.8, 4) is 22.9 Å². The molecule has 37 heavy (non-hydrogen) atoms. The molecule has 5 rings (SSSR count). The number of nitriles is 1. The van der Waals surface area contributed by atoms with Crippen LogP contribution < -0.4 is 4.90 Å². The number of amides is 1. The van der Waals surface area contributed by atoms with E-state index in [1.165, 1.54) is 36.0 Å².